The van der Waals surface area contributed by atoms with E-state index in [-0.39, 0.29) is 41.7 Å². The molecule has 2 unspecified atom stereocenters. The average molecular weight is 516 g/mol. The minimum absolute atomic E-state index is 0.0271. The number of piperazine rings is 1. The molecule has 4 heterocycles. The lowest BCUT2D eigenvalue weighted by Gasteiger charge is -2.37. The van der Waals surface area contributed by atoms with E-state index in [1.807, 2.05) is 47.7 Å². The summed E-state index contributed by atoms with van der Waals surface area (Å²) in [6.07, 6.45) is 0.819. The molecule has 36 heavy (non-hydrogen) atoms. The van der Waals surface area contributed by atoms with Crippen LogP contribution in [0.1, 0.15) is 30.3 Å². The minimum Gasteiger partial charge on any atom is -0.497 e. The zero-order chi connectivity index (χ0) is 25.6. The van der Waals surface area contributed by atoms with Crippen molar-refractivity contribution in [1.82, 2.24) is 14.7 Å². The van der Waals surface area contributed by atoms with Gasteiger partial charge in [-0.05, 0) is 44.5 Å². The minimum atomic E-state index is -2.99. The van der Waals surface area contributed by atoms with E-state index in [0.717, 1.165) is 28.5 Å². The van der Waals surface area contributed by atoms with Crippen molar-refractivity contribution in [3.8, 4) is 5.75 Å². The largest absolute Gasteiger partial charge is 0.497 e. The van der Waals surface area contributed by atoms with Crippen LogP contribution in [0.3, 0.4) is 0 Å². The number of benzene rings is 1. The summed E-state index contributed by atoms with van der Waals surface area (Å²) in [4.78, 5) is 31.7. The van der Waals surface area contributed by atoms with Gasteiger partial charge in [0.1, 0.15) is 5.75 Å². The maximum absolute atomic E-state index is 13.3. The van der Waals surface area contributed by atoms with Crippen molar-refractivity contribution in [3.05, 3.63) is 35.7 Å². The third kappa shape index (κ3) is 4.56. The van der Waals surface area contributed by atoms with Gasteiger partial charge in [-0.15, -0.1) is 0 Å². The number of amides is 2. The van der Waals surface area contributed by atoms with E-state index >= 15 is 0 Å². The number of ether oxygens (including phenoxy) is 1. The number of aromatic nitrogens is 2. The first kappa shape index (κ1) is 24.6. The van der Waals surface area contributed by atoms with Crippen LogP contribution in [0.25, 0.3) is 0 Å². The number of hydrogen-bond acceptors (Lipinski definition) is 7. The molecule has 10 nitrogen and oxygen atoms in total. The number of rotatable bonds is 5. The zero-order valence-corrected chi connectivity index (χ0v) is 21.8. The second kappa shape index (κ2) is 9.42. The van der Waals surface area contributed by atoms with Crippen molar-refractivity contribution in [2.75, 3.05) is 61.1 Å². The maximum Gasteiger partial charge on any atom is 0.228 e. The van der Waals surface area contributed by atoms with Crippen molar-refractivity contribution in [2.24, 2.45) is 5.92 Å². The monoisotopic (exact) mass is 515 g/mol. The first-order chi connectivity index (χ1) is 17.2. The molecule has 1 aromatic heterocycles. The Labute approximate surface area is 211 Å². The fourth-order valence-corrected chi connectivity index (χ4v) is 7.42. The Morgan fingerprint density at radius 3 is 2.39 bits per heavy atom. The standard InChI is InChI=1S/C25H33N5O5S/c1-17-24(18(2)30(26-17)21-8-13-36(33,34)16-21)27-9-11-28(12-10-27)25(32)19-14-23(31)29(15-19)20-4-6-22(35-3)7-5-20/h4-7,19,21H,8-16H2,1-3H3. The van der Waals surface area contributed by atoms with Gasteiger partial charge in [0.15, 0.2) is 9.84 Å². The average Bonchev–Trinajstić information content (AvgIpc) is 3.52. The Balaban J connectivity index is 1.21. The van der Waals surface area contributed by atoms with Crippen molar-refractivity contribution >= 4 is 33.0 Å². The van der Waals surface area contributed by atoms with E-state index in [9.17, 15) is 18.0 Å². The molecule has 3 aliphatic heterocycles. The molecule has 3 saturated heterocycles. The van der Waals surface area contributed by atoms with Gasteiger partial charge < -0.3 is 19.4 Å². The molecule has 2 aromatic rings. The Morgan fingerprint density at radius 2 is 1.78 bits per heavy atom. The van der Waals surface area contributed by atoms with Crippen LogP contribution in [-0.2, 0) is 19.4 Å². The molecule has 0 aliphatic carbocycles. The van der Waals surface area contributed by atoms with Gasteiger partial charge in [0, 0.05) is 44.8 Å². The number of carbonyl (C=O) groups is 2. The predicted molar refractivity (Wildman–Crippen MR) is 136 cm³/mol. The Bertz CT molecular complexity index is 1260. The molecule has 0 spiro atoms. The van der Waals surface area contributed by atoms with Gasteiger partial charge >= 0.3 is 0 Å². The van der Waals surface area contributed by atoms with Gasteiger partial charge in [0.05, 0.1) is 47.7 Å². The van der Waals surface area contributed by atoms with Gasteiger partial charge in [0.25, 0.3) is 0 Å². The SMILES string of the molecule is COc1ccc(N2CC(C(=O)N3CCN(c4c(C)nn(C5CCS(=O)(=O)C5)c4C)CC3)CC2=O)cc1. The summed E-state index contributed by atoms with van der Waals surface area (Å²) in [5, 5.41) is 4.69. The van der Waals surface area contributed by atoms with E-state index in [2.05, 4.69) is 10.00 Å². The quantitative estimate of drug-likeness (QED) is 0.595. The van der Waals surface area contributed by atoms with Gasteiger partial charge in [0.2, 0.25) is 11.8 Å². The Kier molecular flexibility index (Phi) is 6.44. The number of anilines is 2. The van der Waals surface area contributed by atoms with E-state index in [0.29, 0.717) is 39.1 Å². The highest BCUT2D eigenvalue weighted by molar-refractivity contribution is 7.91. The molecule has 194 valence electrons. The zero-order valence-electron chi connectivity index (χ0n) is 21.0. The van der Waals surface area contributed by atoms with Gasteiger partial charge in [-0.2, -0.15) is 5.10 Å². The first-order valence-corrected chi connectivity index (χ1v) is 14.2. The molecule has 0 bridgehead atoms. The Morgan fingerprint density at radius 1 is 1.08 bits per heavy atom. The lowest BCUT2D eigenvalue weighted by atomic mass is 10.1. The molecule has 2 atom stereocenters. The third-order valence-corrected chi connectivity index (χ3v) is 9.36. The second-order valence-electron chi connectivity index (χ2n) is 9.94. The van der Waals surface area contributed by atoms with Gasteiger partial charge in [-0.1, -0.05) is 0 Å². The van der Waals surface area contributed by atoms with Gasteiger partial charge in [-0.3, -0.25) is 14.3 Å². The van der Waals surface area contributed by atoms with Crippen molar-refractivity contribution in [2.45, 2.75) is 32.7 Å². The van der Waals surface area contributed by atoms with E-state index in [1.165, 1.54) is 0 Å². The van der Waals surface area contributed by atoms with Crippen molar-refractivity contribution in [3.63, 3.8) is 0 Å². The van der Waals surface area contributed by atoms with Crippen LogP contribution < -0.4 is 14.5 Å². The van der Waals surface area contributed by atoms with Crippen LogP contribution in [0.2, 0.25) is 0 Å². The molecule has 3 fully saturated rings. The third-order valence-electron chi connectivity index (χ3n) is 7.61. The van der Waals surface area contributed by atoms with Crippen LogP contribution in [0.5, 0.6) is 5.75 Å². The molecule has 11 heteroatoms. The summed E-state index contributed by atoms with van der Waals surface area (Å²) in [6, 6.07) is 7.20. The molecule has 5 rings (SSSR count). The lowest BCUT2D eigenvalue weighted by Crippen LogP contribution is -2.51. The molecule has 0 saturated carbocycles. The van der Waals surface area contributed by atoms with Crippen LogP contribution in [0, 0.1) is 19.8 Å². The number of hydrogen-bond donors (Lipinski definition) is 0. The molecule has 1 aromatic carbocycles. The predicted octanol–water partition coefficient (Wildman–Crippen LogP) is 1.57. The fraction of sp³-hybridized carbons (Fsp3) is 0.560. The summed E-state index contributed by atoms with van der Waals surface area (Å²) < 4.78 is 31.0. The number of methoxy groups -OCH3 is 1. The van der Waals surface area contributed by atoms with Crippen LogP contribution in [0.15, 0.2) is 24.3 Å². The van der Waals surface area contributed by atoms with E-state index in [4.69, 9.17) is 4.74 Å². The molecule has 2 amide bonds. The van der Waals surface area contributed by atoms with Crippen molar-refractivity contribution < 1.29 is 22.7 Å². The summed E-state index contributed by atoms with van der Waals surface area (Å²) in [6.45, 7) is 6.84. The second-order valence-corrected chi connectivity index (χ2v) is 12.2. The highest BCUT2D eigenvalue weighted by Crippen LogP contribution is 2.32. The molecular weight excluding hydrogens is 482 g/mol. The fourth-order valence-electron chi connectivity index (χ4n) is 5.73. The number of nitrogens with zero attached hydrogens (tertiary/aromatic N) is 5. The highest BCUT2D eigenvalue weighted by Gasteiger charge is 2.38. The summed E-state index contributed by atoms with van der Waals surface area (Å²) >= 11 is 0. The lowest BCUT2D eigenvalue weighted by molar-refractivity contribution is -0.136. The Hall–Kier alpha value is -3.08. The number of carbonyl (C=O) groups excluding carboxylic acids is 2. The van der Waals surface area contributed by atoms with Gasteiger partial charge in [-0.25, -0.2) is 8.42 Å². The van der Waals surface area contributed by atoms with E-state index in [1.54, 1.807) is 12.0 Å². The maximum atomic E-state index is 13.3. The molecule has 0 radical (unpaired) electrons. The molecule has 3 aliphatic rings. The number of aryl methyl sites for hydroxylation is 1. The summed E-state index contributed by atoms with van der Waals surface area (Å²) in [5.41, 5.74) is 3.67. The normalized spacial score (nSPS) is 24.0. The van der Waals surface area contributed by atoms with Crippen LogP contribution in [-0.4, -0.2) is 86.3 Å². The molecular formula is C25H33N5O5S. The highest BCUT2D eigenvalue weighted by atomic mass is 32.2. The van der Waals surface area contributed by atoms with Crippen LogP contribution in [0.4, 0.5) is 11.4 Å². The van der Waals surface area contributed by atoms with Crippen molar-refractivity contribution in [1.29, 1.82) is 0 Å². The summed E-state index contributed by atoms with van der Waals surface area (Å²) in [5.74, 6) is 0.724. The first-order valence-electron chi connectivity index (χ1n) is 12.4. The summed E-state index contributed by atoms with van der Waals surface area (Å²) in [7, 11) is -1.40. The molecule has 0 N–H and O–H groups in total. The number of sulfone groups is 1. The topological polar surface area (TPSA) is 105 Å². The smallest absolute Gasteiger partial charge is 0.228 e. The van der Waals surface area contributed by atoms with E-state index < -0.39 is 9.84 Å². The van der Waals surface area contributed by atoms with Crippen LogP contribution >= 0.6 is 0 Å².